The molecule has 18 nitrogen and oxygen atoms in total. The number of methoxy groups -OCH3 is 1. The summed E-state index contributed by atoms with van der Waals surface area (Å²) >= 11 is 0. The van der Waals surface area contributed by atoms with Gasteiger partial charge in [-0.15, -0.1) is 0 Å². The van der Waals surface area contributed by atoms with Crippen LogP contribution in [0.5, 0.6) is 5.75 Å². The Morgan fingerprint density at radius 2 is 1.58 bits per heavy atom. The third-order valence-corrected chi connectivity index (χ3v) is 5.98. The van der Waals surface area contributed by atoms with Gasteiger partial charge < -0.3 is 38.9 Å². The third-order valence-electron chi connectivity index (χ3n) is 5.98. The molecular formula is C25H29N4O14-. The molecule has 1 aliphatic rings. The van der Waals surface area contributed by atoms with Gasteiger partial charge in [-0.05, 0) is 17.7 Å². The van der Waals surface area contributed by atoms with Gasteiger partial charge in [0.05, 0.1) is 19.3 Å². The van der Waals surface area contributed by atoms with Crippen LogP contribution in [-0.2, 0) is 49.4 Å². The number of hydrogen-bond acceptors (Lipinski definition) is 16. The Labute approximate surface area is 242 Å². The Balaban J connectivity index is 2.15. The number of rotatable bonds is 10. The highest BCUT2D eigenvalue weighted by atomic mass is 16.8. The SMILES string of the molecule is COc1ccc(Cn2c(=O)cnn([C@H]3O[C@@H](COC(C)=O)[C@@H](OC(C)=O)[C@H](OC(C)=O)[C@H]3OC(C)=O)c2=O)cc1N([O-])O. The van der Waals surface area contributed by atoms with Gasteiger partial charge in [0.15, 0.2) is 24.5 Å². The smallest absolute Gasteiger partial charge is 0.350 e. The maximum absolute atomic E-state index is 13.6. The number of hydrogen-bond donors (Lipinski definition) is 1. The molecule has 0 aliphatic carbocycles. The van der Waals surface area contributed by atoms with Crippen LogP contribution >= 0.6 is 0 Å². The van der Waals surface area contributed by atoms with E-state index in [2.05, 4.69) is 5.10 Å². The van der Waals surface area contributed by atoms with E-state index in [9.17, 15) is 39.2 Å². The summed E-state index contributed by atoms with van der Waals surface area (Å²) in [6.45, 7) is 3.22. The van der Waals surface area contributed by atoms with Crippen molar-refractivity contribution in [3.8, 4) is 5.75 Å². The van der Waals surface area contributed by atoms with Gasteiger partial charge in [-0.1, -0.05) is 6.07 Å². The van der Waals surface area contributed by atoms with E-state index in [1.165, 1.54) is 25.3 Å². The molecule has 0 unspecified atom stereocenters. The van der Waals surface area contributed by atoms with E-state index in [-0.39, 0.29) is 17.0 Å². The van der Waals surface area contributed by atoms with Crippen molar-refractivity contribution in [3.63, 3.8) is 0 Å². The van der Waals surface area contributed by atoms with E-state index >= 15 is 0 Å². The lowest BCUT2D eigenvalue weighted by molar-refractivity contribution is -0.271. The van der Waals surface area contributed by atoms with Crippen LogP contribution in [0, 0.1) is 5.21 Å². The summed E-state index contributed by atoms with van der Waals surface area (Å²) in [4.78, 5) is 74.1. The quantitative estimate of drug-likeness (QED) is 0.202. The predicted octanol–water partition coefficient (Wildman–Crippen LogP) is -0.589. The Morgan fingerprint density at radius 3 is 2.14 bits per heavy atom. The van der Waals surface area contributed by atoms with Crippen LogP contribution in [0.2, 0.25) is 0 Å². The lowest BCUT2D eigenvalue weighted by atomic mass is 9.97. The van der Waals surface area contributed by atoms with E-state index in [0.717, 1.165) is 33.9 Å². The lowest BCUT2D eigenvalue weighted by Crippen LogP contribution is -2.62. The molecule has 1 fully saturated rings. The second-order valence-electron chi connectivity index (χ2n) is 9.17. The minimum absolute atomic E-state index is 0.0123. The standard InChI is InChI=1S/C25H29N4O14/c1-12(30)39-11-19-21(40-13(2)31)22(41-14(3)32)23(42-15(4)33)24(43-19)28-25(35)27(20(34)9-26-28)10-16-6-7-18(38-5)17(8-16)29(36)37/h6-9,19,21-24,36H,10-11H2,1-5H3/q-1/t19-,21+,22-,23+,24-/m0/s1. The first-order valence-corrected chi connectivity index (χ1v) is 12.6. The first kappa shape index (κ1) is 32.7. The molecule has 2 heterocycles. The molecule has 0 spiro atoms. The molecule has 1 aromatic carbocycles. The fraction of sp³-hybridized carbons (Fsp3) is 0.480. The van der Waals surface area contributed by atoms with Crippen LogP contribution in [-0.4, -0.2) is 81.6 Å². The van der Waals surface area contributed by atoms with E-state index in [1.54, 1.807) is 0 Å². The van der Waals surface area contributed by atoms with Crippen molar-refractivity contribution >= 4 is 29.6 Å². The van der Waals surface area contributed by atoms with Gasteiger partial charge in [0.2, 0.25) is 0 Å². The van der Waals surface area contributed by atoms with Crippen molar-refractivity contribution in [2.24, 2.45) is 0 Å². The molecule has 1 aromatic heterocycles. The lowest BCUT2D eigenvalue weighted by Gasteiger charge is -2.44. The molecule has 1 N–H and O–H groups in total. The van der Waals surface area contributed by atoms with Crippen molar-refractivity contribution in [1.82, 2.24) is 14.3 Å². The van der Waals surface area contributed by atoms with Gasteiger partial charge in [-0.3, -0.25) is 33.7 Å². The Bertz CT molecular complexity index is 1490. The summed E-state index contributed by atoms with van der Waals surface area (Å²) in [6, 6.07) is 3.93. The highest BCUT2D eigenvalue weighted by molar-refractivity contribution is 5.68. The summed E-state index contributed by atoms with van der Waals surface area (Å²) in [5, 5.41) is 24.4. The summed E-state index contributed by atoms with van der Waals surface area (Å²) in [5.41, 5.74) is -2.08. The molecule has 0 radical (unpaired) electrons. The van der Waals surface area contributed by atoms with Crippen molar-refractivity contribution in [2.45, 2.75) is 64.9 Å². The van der Waals surface area contributed by atoms with E-state index in [0.29, 0.717) is 9.25 Å². The number of esters is 4. The monoisotopic (exact) mass is 609 g/mol. The van der Waals surface area contributed by atoms with Gasteiger partial charge in [-0.2, -0.15) is 9.78 Å². The summed E-state index contributed by atoms with van der Waals surface area (Å²) < 4.78 is 33.3. The highest BCUT2D eigenvalue weighted by Gasteiger charge is 2.53. The van der Waals surface area contributed by atoms with Crippen molar-refractivity contribution < 1.29 is 52.8 Å². The van der Waals surface area contributed by atoms with Gasteiger partial charge in [0, 0.05) is 27.7 Å². The number of nitrogens with zero attached hydrogens (tertiary/aromatic N) is 4. The third kappa shape index (κ3) is 7.93. The molecule has 1 saturated heterocycles. The molecule has 2 aromatic rings. The zero-order valence-corrected chi connectivity index (χ0v) is 23.7. The number of aromatic nitrogens is 3. The number of benzene rings is 1. The topological polar surface area (TPSA) is 227 Å². The second kappa shape index (κ2) is 13.9. The van der Waals surface area contributed by atoms with Gasteiger partial charge in [-0.25, -0.2) is 4.79 Å². The minimum Gasteiger partial charge on any atom is -0.733 e. The van der Waals surface area contributed by atoms with Crippen molar-refractivity contribution in [1.29, 1.82) is 0 Å². The summed E-state index contributed by atoms with van der Waals surface area (Å²) in [6.07, 6.45) is -7.05. The minimum atomic E-state index is -1.71. The first-order chi connectivity index (χ1) is 20.2. The number of ether oxygens (including phenoxy) is 6. The van der Waals surface area contributed by atoms with Crippen LogP contribution in [0.3, 0.4) is 0 Å². The van der Waals surface area contributed by atoms with E-state index in [4.69, 9.17) is 28.4 Å². The largest absolute Gasteiger partial charge is 0.733 e. The number of carbonyl (C=O) groups is 4. The molecular weight excluding hydrogens is 580 g/mol. The fourth-order valence-electron chi connectivity index (χ4n) is 4.34. The van der Waals surface area contributed by atoms with Gasteiger partial charge in [0.1, 0.15) is 24.7 Å². The molecule has 0 amide bonds. The maximum Gasteiger partial charge on any atom is 0.350 e. The Kier molecular flexibility index (Phi) is 10.6. The van der Waals surface area contributed by atoms with Crippen LogP contribution in [0.4, 0.5) is 5.69 Å². The van der Waals surface area contributed by atoms with Crippen molar-refractivity contribution in [2.75, 3.05) is 18.9 Å². The molecule has 1 aliphatic heterocycles. The average molecular weight is 610 g/mol. The van der Waals surface area contributed by atoms with Crippen LogP contribution in [0.25, 0.3) is 0 Å². The fourth-order valence-corrected chi connectivity index (χ4v) is 4.34. The van der Waals surface area contributed by atoms with E-state index < -0.39 is 84.1 Å². The maximum atomic E-state index is 13.6. The highest BCUT2D eigenvalue weighted by Crippen LogP contribution is 2.34. The normalized spacial score (nSPS) is 21.3. The van der Waals surface area contributed by atoms with E-state index in [1.807, 2.05) is 0 Å². The second-order valence-corrected chi connectivity index (χ2v) is 9.17. The summed E-state index contributed by atoms with van der Waals surface area (Å²) in [5.74, 6) is -3.37. The molecule has 43 heavy (non-hydrogen) atoms. The molecule has 0 saturated carbocycles. The molecule has 18 heteroatoms. The molecule has 5 atom stereocenters. The number of anilines is 1. The summed E-state index contributed by atoms with van der Waals surface area (Å²) in [7, 11) is 1.27. The zero-order chi connectivity index (χ0) is 32.0. The Morgan fingerprint density at radius 1 is 0.977 bits per heavy atom. The van der Waals surface area contributed by atoms with Crippen LogP contribution in [0.1, 0.15) is 39.5 Å². The molecule has 3 rings (SSSR count). The Hall–Kier alpha value is -4.81. The van der Waals surface area contributed by atoms with Crippen LogP contribution in [0.15, 0.2) is 34.0 Å². The zero-order valence-electron chi connectivity index (χ0n) is 23.7. The van der Waals surface area contributed by atoms with Gasteiger partial charge >= 0.3 is 29.6 Å². The molecule has 234 valence electrons. The molecule has 0 bridgehead atoms. The average Bonchev–Trinajstić information content (AvgIpc) is 2.91. The first-order valence-electron chi connectivity index (χ1n) is 12.6. The van der Waals surface area contributed by atoms with Crippen molar-refractivity contribution in [3.05, 3.63) is 56.0 Å². The van der Waals surface area contributed by atoms with Gasteiger partial charge in [0.25, 0.3) is 5.56 Å². The number of carbonyl (C=O) groups excluding carboxylic acids is 4. The van der Waals surface area contributed by atoms with Crippen LogP contribution < -0.4 is 21.2 Å². The predicted molar refractivity (Wildman–Crippen MR) is 140 cm³/mol.